The summed E-state index contributed by atoms with van der Waals surface area (Å²) in [5.74, 6) is 0.976. The van der Waals surface area contributed by atoms with Gasteiger partial charge in [-0.15, -0.1) is 0 Å². The van der Waals surface area contributed by atoms with Gasteiger partial charge >= 0.3 is 6.16 Å². The van der Waals surface area contributed by atoms with Crippen molar-refractivity contribution in [2.24, 2.45) is 11.7 Å². The lowest BCUT2D eigenvalue weighted by molar-refractivity contribution is 0.137. The fourth-order valence-electron chi connectivity index (χ4n) is 1.71. The summed E-state index contributed by atoms with van der Waals surface area (Å²) in [6.07, 6.45) is 6.67. The van der Waals surface area contributed by atoms with Crippen LogP contribution in [0.5, 0.6) is 0 Å². The van der Waals surface area contributed by atoms with E-state index >= 15 is 0 Å². The van der Waals surface area contributed by atoms with E-state index in [1.807, 2.05) is 0 Å². The van der Waals surface area contributed by atoms with Crippen molar-refractivity contribution in [2.45, 2.75) is 38.5 Å². The maximum absolute atomic E-state index is 8.56. The summed E-state index contributed by atoms with van der Waals surface area (Å²) in [5, 5.41) is 13.9. The molecule has 4 heteroatoms. The molecule has 0 unspecified atom stereocenters. The van der Waals surface area contributed by atoms with Gasteiger partial charge in [0.15, 0.2) is 0 Å². The SMILES string of the molecule is NCCC1CCCCC1.O=C(O)O. The average Bonchev–Trinajstić information content (AvgIpc) is 2.06. The van der Waals surface area contributed by atoms with E-state index in [1.54, 1.807) is 0 Å². The maximum Gasteiger partial charge on any atom is 0.503 e. The molecule has 1 fully saturated rings. The number of rotatable bonds is 2. The fraction of sp³-hybridized carbons (Fsp3) is 0.889. The number of nitrogens with two attached hydrogens (primary N) is 1. The lowest BCUT2D eigenvalue weighted by Gasteiger charge is -2.20. The number of hydrogen-bond acceptors (Lipinski definition) is 2. The van der Waals surface area contributed by atoms with Gasteiger partial charge in [0.2, 0.25) is 0 Å². The van der Waals surface area contributed by atoms with Gasteiger partial charge in [-0.3, -0.25) is 0 Å². The van der Waals surface area contributed by atoms with Gasteiger partial charge in [-0.1, -0.05) is 32.1 Å². The minimum Gasteiger partial charge on any atom is -0.450 e. The van der Waals surface area contributed by atoms with Gasteiger partial charge in [-0.05, 0) is 18.9 Å². The third-order valence-corrected chi connectivity index (χ3v) is 2.30. The van der Waals surface area contributed by atoms with Crippen LogP contribution in [-0.4, -0.2) is 22.9 Å². The number of hydrogen-bond donors (Lipinski definition) is 3. The Balaban J connectivity index is 0.000000310. The molecule has 0 saturated heterocycles. The first-order chi connectivity index (χ1) is 6.16. The summed E-state index contributed by atoms with van der Waals surface area (Å²) in [5.41, 5.74) is 5.46. The summed E-state index contributed by atoms with van der Waals surface area (Å²) in [6.45, 7) is 0.894. The third-order valence-electron chi connectivity index (χ3n) is 2.30. The van der Waals surface area contributed by atoms with Crippen molar-refractivity contribution in [3.05, 3.63) is 0 Å². The molecule has 1 rings (SSSR count). The Bertz CT molecular complexity index is 126. The van der Waals surface area contributed by atoms with E-state index in [9.17, 15) is 0 Å². The van der Waals surface area contributed by atoms with Crippen LogP contribution in [-0.2, 0) is 0 Å². The molecule has 0 bridgehead atoms. The molecular weight excluding hydrogens is 170 g/mol. The molecule has 4 nitrogen and oxygen atoms in total. The van der Waals surface area contributed by atoms with E-state index in [0.29, 0.717) is 0 Å². The first kappa shape index (κ1) is 12.2. The van der Waals surface area contributed by atoms with Crippen LogP contribution in [0, 0.1) is 5.92 Å². The van der Waals surface area contributed by atoms with E-state index in [-0.39, 0.29) is 0 Å². The van der Waals surface area contributed by atoms with Crippen molar-refractivity contribution in [1.82, 2.24) is 0 Å². The molecule has 0 atom stereocenters. The van der Waals surface area contributed by atoms with Gasteiger partial charge in [-0.2, -0.15) is 0 Å². The third kappa shape index (κ3) is 9.14. The zero-order valence-electron chi connectivity index (χ0n) is 7.91. The van der Waals surface area contributed by atoms with Crippen LogP contribution >= 0.6 is 0 Å². The summed E-state index contributed by atoms with van der Waals surface area (Å²) >= 11 is 0. The highest BCUT2D eigenvalue weighted by Crippen LogP contribution is 2.25. The van der Waals surface area contributed by atoms with Crippen molar-refractivity contribution in [3.63, 3.8) is 0 Å². The molecule has 4 N–H and O–H groups in total. The van der Waals surface area contributed by atoms with Gasteiger partial charge in [0, 0.05) is 0 Å². The van der Waals surface area contributed by atoms with E-state index in [1.165, 1.54) is 38.5 Å². The molecule has 78 valence electrons. The van der Waals surface area contributed by atoms with Crippen molar-refractivity contribution < 1.29 is 15.0 Å². The largest absolute Gasteiger partial charge is 0.503 e. The average molecular weight is 189 g/mol. The van der Waals surface area contributed by atoms with Crippen LogP contribution in [0.3, 0.4) is 0 Å². The zero-order chi connectivity index (χ0) is 10.1. The molecule has 0 radical (unpaired) electrons. The smallest absolute Gasteiger partial charge is 0.450 e. The highest BCUT2D eigenvalue weighted by Gasteiger charge is 2.11. The van der Waals surface area contributed by atoms with E-state index < -0.39 is 6.16 Å². The van der Waals surface area contributed by atoms with Gasteiger partial charge < -0.3 is 15.9 Å². The molecule has 0 aromatic carbocycles. The van der Waals surface area contributed by atoms with Gasteiger partial charge in [0.05, 0.1) is 0 Å². The van der Waals surface area contributed by atoms with Crippen molar-refractivity contribution >= 4 is 6.16 Å². The van der Waals surface area contributed by atoms with E-state index in [4.69, 9.17) is 20.7 Å². The molecule has 1 saturated carbocycles. The maximum atomic E-state index is 8.56. The Morgan fingerprint density at radius 1 is 1.23 bits per heavy atom. The lowest BCUT2D eigenvalue weighted by Crippen LogP contribution is -2.11. The molecule has 0 aromatic heterocycles. The van der Waals surface area contributed by atoms with Gasteiger partial charge in [0.1, 0.15) is 0 Å². The molecular formula is C9H19NO3. The van der Waals surface area contributed by atoms with Crippen molar-refractivity contribution in [1.29, 1.82) is 0 Å². The quantitative estimate of drug-likeness (QED) is 0.621. The van der Waals surface area contributed by atoms with Gasteiger partial charge in [-0.25, -0.2) is 4.79 Å². The minimum absolute atomic E-state index is 0.894. The van der Waals surface area contributed by atoms with Crippen LogP contribution in [0.15, 0.2) is 0 Å². The van der Waals surface area contributed by atoms with Crippen LogP contribution < -0.4 is 5.73 Å². The number of carbonyl (C=O) groups is 1. The fourth-order valence-corrected chi connectivity index (χ4v) is 1.71. The summed E-state index contributed by atoms with van der Waals surface area (Å²) < 4.78 is 0. The summed E-state index contributed by atoms with van der Waals surface area (Å²) in [4.78, 5) is 8.56. The molecule has 0 heterocycles. The molecule has 13 heavy (non-hydrogen) atoms. The van der Waals surface area contributed by atoms with Crippen LogP contribution in [0.1, 0.15) is 38.5 Å². The summed E-state index contributed by atoms with van der Waals surface area (Å²) in [6, 6.07) is 0. The van der Waals surface area contributed by atoms with Crippen LogP contribution in [0.2, 0.25) is 0 Å². The molecule has 0 aromatic rings. The van der Waals surface area contributed by atoms with Crippen molar-refractivity contribution in [2.75, 3.05) is 6.54 Å². The normalized spacial score (nSPS) is 17.3. The molecule has 0 aliphatic heterocycles. The van der Waals surface area contributed by atoms with E-state index in [2.05, 4.69) is 0 Å². The Morgan fingerprint density at radius 2 is 1.69 bits per heavy atom. The standard InChI is InChI=1S/C8H17N.CH2O3/c9-7-6-8-4-2-1-3-5-8;2-1(3)4/h8H,1-7,9H2;(H2,2,3,4). The van der Waals surface area contributed by atoms with Crippen LogP contribution in [0.25, 0.3) is 0 Å². The van der Waals surface area contributed by atoms with Gasteiger partial charge in [0.25, 0.3) is 0 Å². The lowest BCUT2D eigenvalue weighted by atomic mass is 9.87. The van der Waals surface area contributed by atoms with Crippen molar-refractivity contribution in [3.8, 4) is 0 Å². The second-order valence-corrected chi connectivity index (χ2v) is 3.36. The van der Waals surface area contributed by atoms with E-state index in [0.717, 1.165) is 12.5 Å². The first-order valence-electron chi connectivity index (χ1n) is 4.78. The second kappa shape index (κ2) is 7.86. The minimum atomic E-state index is -1.83. The second-order valence-electron chi connectivity index (χ2n) is 3.36. The predicted octanol–water partition coefficient (Wildman–Crippen LogP) is 2.14. The first-order valence-corrected chi connectivity index (χ1v) is 4.78. The molecule has 0 amide bonds. The number of carboxylic acid groups (broad SMARTS) is 2. The molecule has 1 aliphatic rings. The van der Waals surface area contributed by atoms with Crippen LogP contribution in [0.4, 0.5) is 4.79 Å². The topological polar surface area (TPSA) is 83.6 Å². The predicted molar refractivity (Wildman–Crippen MR) is 50.9 cm³/mol. The zero-order valence-corrected chi connectivity index (χ0v) is 7.91. The summed E-state index contributed by atoms with van der Waals surface area (Å²) in [7, 11) is 0. The Morgan fingerprint density at radius 3 is 2.08 bits per heavy atom. The monoisotopic (exact) mass is 189 g/mol. The Labute approximate surface area is 78.7 Å². The Hall–Kier alpha value is -0.770. The molecule has 0 spiro atoms. The highest BCUT2D eigenvalue weighted by atomic mass is 16.6. The molecule has 1 aliphatic carbocycles. The highest BCUT2D eigenvalue weighted by molar-refractivity contribution is 5.53. The Kier molecular flexibility index (Phi) is 7.39.